The van der Waals surface area contributed by atoms with E-state index < -0.39 is 0 Å². The normalized spacial score (nSPS) is 37.2. The zero-order valence-corrected chi connectivity index (χ0v) is 13.1. The SMILES string of the molecule is Brc1ccc2c(c1)CN1C(=N2)C2C[C@H]3CC1C[C@H](C2)C3. The van der Waals surface area contributed by atoms with Gasteiger partial charge in [0.05, 0.1) is 5.69 Å². The number of hydrogen-bond acceptors (Lipinski definition) is 2. The maximum atomic E-state index is 5.09. The molecule has 2 aliphatic carbocycles. The molecule has 5 aliphatic rings. The number of amidine groups is 1. The summed E-state index contributed by atoms with van der Waals surface area (Å²) in [5.74, 6) is 4.11. The van der Waals surface area contributed by atoms with Gasteiger partial charge < -0.3 is 4.90 Å². The summed E-state index contributed by atoms with van der Waals surface area (Å²) < 4.78 is 1.18. The Morgan fingerprint density at radius 2 is 1.85 bits per heavy atom. The van der Waals surface area contributed by atoms with Crippen LogP contribution in [0.3, 0.4) is 0 Å². The molecule has 20 heavy (non-hydrogen) atoms. The Morgan fingerprint density at radius 3 is 2.65 bits per heavy atom. The van der Waals surface area contributed by atoms with E-state index in [1.54, 1.807) is 0 Å². The number of nitrogens with zero attached hydrogens (tertiary/aromatic N) is 2. The van der Waals surface area contributed by atoms with Crippen LogP contribution in [0, 0.1) is 17.8 Å². The molecule has 0 radical (unpaired) electrons. The van der Waals surface area contributed by atoms with Crippen molar-refractivity contribution in [2.24, 2.45) is 22.7 Å². The summed E-state index contributed by atoms with van der Waals surface area (Å²) in [6.07, 6.45) is 7.11. The van der Waals surface area contributed by atoms with Gasteiger partial charge in [0.1, 0.15) is 5.84 Å². The second-order valence-corrected chi connectivity index (χ2v) is 8.05. The van der Waals surface area contributed by atoms with Gasteiger partial charge in [-0.2, -0.15) is 0 Å². The van der Waals surface area contributed by atoms with E-state index in [0.29, 0.717) is 0 Å². The maximum absolute atomic E-state index is 5.09. The highest BCUT2D eigenvalue weighted by atomic mass is 79.9. The molecule has 2 saturated carbocycles. The molecule has 6 rings (SSSR count). The lowest BCUT2D eigenvalue weighted by molar-refractivity contribution is 0.128. The van der Waals surface area contributed by atoms with E-state index in [0.717, 1.165) is 30.3 Å². The molecular formula is C17H19BrN2. The first-order valence-electron chi connectivity index (χ1n) is 7.90. The van der Waals surface area contributed by atoms with Crippen molar-refractivity contribution >= 4 is 27.5 Å². The van der Waals surface area contributed by atoms with Crippen molar-refractivity contribution in [1.82, 2.24) is 4.90 Å². The van der Waals surface area contributed by atoms with Gasteiger partial charge in [-0.25, -0.2) is 4.99 Å². The molecule has 3 aliphatic heterocycles. The van der Waals surface area contributed by atoms with Gasteiger partial charge in [0.2, 0.25) is 0 Å². The van der Waals surface area contributed by atoms with Crippen LogP contribution in [0.25, 0.3) is 0 Å². The average Bonchev–Trinajstić information content (AvgIpc) is 2.59. The van der Waals surface area contributed by atoms with E-state index in [4.69, 9.17) is 4.99 Å². The molecule has 4 fully saturated rings. The van der Waals surface area contributed by atoms with Gasteiger partial charge in [-0.1, -0.05) is 15.9 Å². The fraction of sp³-hybridized carbons (Fsp3) is 0.588. The van der Waals surface area contributed by atoms with E-state index in [1.165, 1.54) is 53.7 Å². The van der Waals surface area contributed by atoms with Crippen LogP contribution in [0.5, 0.6) is 0 Å². The molecule has 1 aromatic carbocycles. The van der Waals surface area contributed by atoms with E-state index in [-0.39, 0.29) is 0 Å². The fourth-order valence-electron chi connectivity index (χ4n) is 5.16. The third kappa shape index (κ3) is 1.65. The van der Waals surface area contributed by atoms with Crippen LogP contribution in [0.4, 0.5) is 5.69 Å². The van der Waals surface area contributed by atoms with Crippen LogP contribution in [-0.2, 0) is 6.54 Å². The van der Waals surface area contributed by atoms with Gasteiger partial charge in [0, 0.05) is 23.0 Å². The van der Waals surface area contributed by atoms with E-state index in [2.05, 4.69) is 39.0 Å². The summed E-state index contributed by atoms with van der Waals surface area (Å²) in [6, 6.07) is 7.32. The Balaban J connectivity index is 1.64. The van der Waals surface area contributed by atoms with Crippen LogP contribution in [0.1, 0.15) is 37.7 Å². The Hall–Kier alpha value is -0.830. The molecule has 4 bridgehead atoms. The first-order valence-corrected chi connectivity index (χ1v) is 8.69. The summed E-state index contributed by atoms with van der Waals surface area (Å²) >= 11 is 3.60. The third-order valence-corrected chi connectivity index (χ3v) is 6.32. The first-order chi connectivity index (χ1) is 9.76. The van der Waals surface area contributed by atoms with Crippen molar-refractivity contribution < 1.29 is 0 Å². The van der Waals surface area contributed by atoms with Gasteiger partial charge in [-0.3, -0.25) is 0 Å². The molecular weight excluding hydrogens is 312 g/mol. The molecule has 0 unspecified atom stereocenters. The Bertz CT molecular complexity index is 595. The molecule has 2 atom stereocenters. The first kappa shape index (κ1) is 11.8. The highest BCUT2D eigenvalue weighted by Gasteiger charge is 2.46. The van der Waals surface area contributed by atoms with Crippen LogP contribution >= 0.6 is 15.9 Å². The highest BCUT2D eigenvalue weighted by Crippen LogP contribution is 2.50. The third-order valence-electron chi connectivity index (χ3n) is 5.83. The Labute approximate surface area is 128 Å². The quantitative estimate of drug-likeness (QED) is 0.683. The molecule has 3 heteroatoms. The molecule has 0 spiro atoms. The molecule has 3 heterocycles. The van der Waals surface area contributed by atoms with Crippen LogP contribution < -0.4 is 0 Å². The lowest BCUT2D eigenvalue weighted by Crippen LogP contribution is -2.41. The number of rotatable bonds is 0. The van der Waals surface area contributed by atoms with E-state index >= 15 is 0 Å². The van der Waals surface area contributed by atoms with Crippen LogP contribution in [-0.4, -0.2) is 16.8 Å². The smallest absolute Gasteiger partial charge is 0.108 e. The zero-order valence-electron chi connectivity index (χ0n) is 11.6. The van der Waals surface area contributed by atoms with Gasteiger partial charge in [-0.05, 0) is 67.7 Å². The van der Waals surface area contributed by atoms with E-state index in [9.17, 15) is 0 Å². The molecule has 0 aromatic heterocycles. The predicted octanol–water partition coefficient (Wildman–Crippen LogP) is 4.50. The number of halogens is 1. The predicted molar refractivity (Wildman–Crippen MR) is 84.1 cm³/mol. The lowest BCUT2D eigenvalue weighted by atomic mass is 9.68. The molecule has 1 aromatic rings. The van der Waals surface area contributed by atoms with Gasteiger partial charge in [-0.15, -0.1) is 0 Å². The standard InChI is InChI=1S/C17H19BrN2/c18-14-1-2-16-13(8-14)9-20-15-6-10-3-11(7-15)5-12(4-10)17(20)19-16/h1-2,8,10-12,15H,3-7,9H2/t10-,11-,12?,15?/m0/s1. The summed E-state index contributed by atoms with van der Waals surface area (Å²) in [4.78, 5) is 7.75. The fourth-order valence-corrected chi connectivity index (χ4v) is 5.57. The molecule has 104 valence electrons. The topological polar surface area (TPSA) is 15.6 Å². The number of hydrogen-bond donors (Lipinski definition) is 0. The average molecular weight is 331 g/mol. The number of aliphatic imine (C=N–C) groups is 1. The number of benzene rings is 1. The zero-order chi connectivity index (χ0) is 13.3. The number of fused-ring (bicyclic) bond motifs is 1. The molecule has 0 amide bonds. The van der Waals surface area contributed by atoms with Gasteiger partial charge in [0.25, 0.3) is 0 Å². The van der Waals surface area contributed by atoms with Crippen molar-refractivity contribution in [2.75, 3.05) is 0 Å². The minimum Gasteiger partial charge on any atom is -0.352 e. The van der Waals surface area contributed by atoms with Gasteiger partial charge >= 0.3 is 0 Å². The summed E-state index contributed by atoms with van der Waals surface area (Å²) in [5.41, 5.74) is 2.60. The van der Waals surface area contributed by atoms with Crippen LogP contribution in [0.2, 0.25) is 0 Å². The van der Waals surface area contributed by atoms with Crippen LogP contribution in [0.15, 0.2) is 27.7 Å². The second-order valence-electron chi connectivity index (χ2n) is 7.13. The second kappa shape index (κ2) is 4.09. The van der Waals surface area contributed by atoms with Crippen molar-refractivity contribution in [1.29, 1.82) is 0 Å². The van der Waals surface area contributed by atoms with Crippen molar-refractivity contribution in [2.45, 2.75) is 44.7 Å². The lowest BCUT2D eigenvalue weighted by Gasteiger charge is -2.39. The monoisotopic (exact) mass is 330 g/mol. The van der Waals surface area contributed by atoms with E-state index in [1.807, 2.05) is 0 Å². The minimum atomic E-state index is 0.739. The van der Waals surface area contributed by atoms with Crippen molar-refractivity contribution in [3.8, 4) is 0 Å². The van der Waals surface area contributed by atoms with Crippen molar-refractivity contribution in [3.63, 3.8) is 0 Å². The maximum Gasteiger partial charge on any atom is 0.108 e. The molecule has 2 nitrogen and oxygen atoms in total. The van der Waals surface area contributed by atoms with Crippen molar-refractivity contribution in [3.05, 3.63) is 28.2 Å². The highest BCUT2D eigenvalue weighted by molar-refractivity contribution is 9.10. The minimum absolute atomic E-state index is 0.739. The summed E-state index contributed by atoms with van der Waals surface area (Å²) in [5, 5.41) is 0. The summed E-state index contributed by atoms with van der Waals surface area (Å²) in [6.45, 7) is 1.08. The van der Waals surface area contributed by atoms with Gasteiger partial charge in [0.15, 0.2) is 0 Å². The Kier molecular flexibility index (Phi) is 2.41. The molecule has 2 saturated heterocycles. The largest absolute Gasteiger partial charge is 0.352 e. The summed E-state index contributed by atoms with van der Waals surface area (Å²) in [7, 11) is 0. The molecule has 0 N–H and O–H groups in total. The Morgan fingerprint density at radius 1 is 1.05 bits per heavy atom.